The summed E-state index contributed by atoms with van der Waals surface area (Å²) in [7, 11) is 0. The average molecular weight is 283 g/mol. The maximum Gasteiger partial charge on any atom is 0.269 e. The zero-order valence-corrected chi connectivity index (χ0v) is 11.2. The summed E-state index contributed by atoms with van der Waals surface area (Å²) in [6.45, 7) is 0. The number of Topliss-reactive ketones (excluding diaryl/α,β-unsaturated/α-hetero) is 1. The van der Waals surface area contributed by atoms with Crippen LogP contribution in [0.1, 0.15) is 23.2 Å². The SMILES string of the molecule is O=CCCC(=O)c1ccc(-c2ccc([N+](=O)[O-])cc2)cc1. The van der Waals surface area contributed by atoms with Crippen LogP contribution in [-0.4, -0.2) is 17.0 Å². The van der Waals surface area contributed by atoms with Crippen molar-refractivity contribution in [3.63, 3.8) is 0 Å². The highest BCUT2D eigenvalue weighted by molar-refractivity contribution is 5.97. The number of nitro benzene ring substituents is 1. The summed E-state index contributed by atoms with van der Waals surface area (Å²) in [5, 5.41) is 10.6. The predicted molar refractivity (Wildman–Crippen MR) is 78.2 cm³/mol. The summed E-state index contributed by atoms with van der Waals surface area (Å²) in [5.74, 6) is -0.0719. The van der Waals surface area contributed by atoms with Crippen LogP contribution < -0.4 is 0 Å². The lowest BCUT2D eigenvalue weighted by atomic mass is 10.0. The third-order valence-electron chi connectivity index (χ3n) is 3.11. The van der Waals surface area contributed by atoms with Crippen molar-refractivity contribution in [2.24, 2.45) is 0 Å². The normalized spacial score (nSPS) is 10.1. The van der Waals surface area contributed by atoms with Gasteiger partial charge in [0.05, 0.1) is 4.92 Å². The molecule has 0 aromatic heterocycles. The van der Waals surface area contributed by atoms with Gasteiger partial charge in [0.25, 0.3) is 5.69 Å². The van der Waals surface area contributed by atoms with E-state index in [0.29, 0.717) is 5.56 Å². The molecule has 0 atom stereocenters. The molecule has 0 N–H and O–H groups in total. The fourth-order valence-corrected chi connectivity index (χ4v) is 1.96. The van der Waals surface area contributed by atoms with Crippen molar-refractivity contribution in [3.05, 3.63) is 64.2 Å². The highest BCUT2D eigenvalue weighted by Crippen LogP contribution is 2.23. The second kappa shape index (κ2) is 6.56. The Morgan fingerprint density at radius 1 is 1.00 bits per heavy atom. The Morgan fingerprint density at radius 2 is 1.52 bits per heavy atom. The third-order valence-corrected chi connectivity index (χ3v) is 3.11. The summed E-state index contributed by atoms with van der Waals surface area (Å²) in [5.41, 5.74) is 2.31. The maximum atomic E-state index is 11.7. The third kappa shape index (κ3) is 3.60. The molecule has 2 rings (SSSR count). The van der Waals surface area contributed by atoms with Crippen LogP contribution >= 0.6 is 0 Å². The monoisotopic (exact) mass is 283 g/mol. The molecular formula is C16H13NO4. The molecule has 0 fully saturated rings. The van der Waals surface area contributed by atoms with Gasteiger partial charge >= 0.3 is 0 Å². The van der Waals surface area contributed by atoms with Crippen LogP contribution in [-0.2, 0) is 4.79 Å². The molecule has 2 aromatic rings. The Balaban J connectivity index is 2.16. The number of nitro groups is 1. The van der Waals surface area contributed by atoms with E-state index in [-0.39, 0.29) is 24.3 Å². The lowest BCUT2D eigenvalue weighted by molar-refractivity contribution is -0.384. The zero-order chi connectivity index (χ0) is 15.2. The summed E-state index contributed by atoms with van der Waals surface area (Å²) in [4.78, 5) is 32.1. The van der Waals surface area contributed by atoms with Gasteiger partial charge in [0.15, 0.2) is 5.78 Å². The number of hydrogen-bond acceptors (Lipinski definition) is 4. The van der Waals surface area contributed by atoms with Gasteiger partial charge in [-0.15, -0.1) is 0 Å². The highest BCUT2D eigenvalue weighted by Gasteiger charge is 2.07. The number of rotatable bonds is 6. The van der Waals surface area contributed by atoms with E-state index in [0.717, 1.165) is 17.4 Å². The molecule has 0 aliphatic carbocycles. The molecular weight excluding hydrogens is 270 g/mol. The van der Waals surface area contributed by atoms with Gasteiger partial charge in [0.1, 0.15) is 6.29 Å². The van der Waals surface area contributed by atoms with Gasteiger partial charge in [-0.25, -0.2) is 0 Å². The lowest BCUT2D eigenvalue weighted by Crippen LogP contribution is -1.98. The van der Waals surface area contributed by atoms with E-state index in [4.69, 9.17) is 0 Å². The molecule has 0 radical (unpaired) electrons. The molecule has 0 saturated heterocycles. The first kappa shape index (κ1) is 14.6. The number of ketones is 1. The standard InChI is InChI=1S/C16H13NO4/c18-11-1-2-16(19)14-5-3-12(4-6-14)13-7-9-15(10-8-13)17(20)21/h3-11H,1-2H2. The fourth-order valence-electron chi connectivity index (χ4n) is 1.96. The number of carbonyl (C=O) groups is 2. The van der Waals surface area contributed by atoms with Gasteiger partial charge in [-0.1, -0.05) is 24.3 Å². The Labute approximate surface area is 121 Å². The van der Waals surface area contributed by atoms with E-state index in [1.807, 2.05) is 0 Å². The Bertz CT molecular complexity index is 660. The number of hydrogen-bond donors (Lipinski definition) is 0. The Hall–Kier alpha value is -2.82. The molecule has 0 heterocycles. The predicted octanol–water partition coefficient (Wildman–Crippen LogP) is 3.42. The minimum atomic E-state index is -0.446. The molecule has 106 valence electrons. The van der Waals surface area contributed by atoms with E-state index in [2.05, 4.69) is 0 Å². The molecule has 0 aliphatic heterocycles. The Morgan fingerprint density at radius 3 is 2.00 bits per heavy atom. The van der Waals surface area contributed by atoms with Crippen LogP contribution in [0.3, 0.4) is 0 Å². The van der Waals surface area contributed by atoms with Gasteiger partial charge in [0.2, 0.25) is 0 Å². The molecule has 0 spiro atoms. The number of non-ortho nitro benzene ring substituents is 1. The van der Waals surface area contributed by atoms with Crippen LogP contribution in [0.15, 0.2) is 48.5 Å². The molecule has 5 heteroatoms. The van der Waals surface area contributed by atoms with E-state index in [9.17, 15) is 19.7 Å². The summed E-state index contributed by atoms with van der Waals surface area (Å²) < 4.78 is 0. The van der Waals surface area contributed by atoms with Crippen molar-refractivity contribution < 1.29 is 14.5 Å². The van der Waals surface area contributed by atoms with E-state index in [1.54, 1.807) is 36.4 Å². The molecule has 2 aromatic carbocycles. The first-order valence-corrected chi connectivity index (χ1v) is 6.43. The van der Waals surface area contributed by atoms with Crippen molar-refractivity contribution >= 4 is 17.8 Å². The van der Waals surface area contributed by atoms with Crippen LogP contribution in [0.4, 0.5) is 5.69 Å². The molecule has 21 heavy (non-hydrogen) atoms. The topological polar surface area (TPSA) is 77.3 Å². The quantitative estimate of drug-likeness (QED) is 0.352. The molecule has 0 unspecified atom stereocenters. The maximum absolute atomic E-state index is 11.7. The van der Waals surface area contributed by atoms with E-state index >= 15 is 0 Å². The number of benzene rings is 2. The highest BCUT2D eigenvalue weighted by atomic mass is 16.6. The van der Waals surface area contributed by atoms with Crippen molar-refractivity contribution in [1.82, 2.24) is 0 Å². The van der Waals surface area contributed by atoms with Crippen molar-refractivity contribution in [2.75, 3.05) is 0 Å². The van der Waals surface area contributed by atoms with Crippen LogP contribution in [0.5, 0.6) is 0 Å². The van der Waals surface area contributed by atoms with Crippen LogP contribution in [0, 0.1) is 10.1 Å². The first-order valence-electron chi connectivity index (χ1n) is 6.43. The van der Waals surface area contributed by atoms with Crippen LogP contribution in [0.2, 0.25) is 0 Å². The van der Waals surface area contributed by atoms with Crippen molar-refractivity contribution in [3.8, 4) is 11.1 Å². The van der Waals surface area contributed by atoms with E-state index in [1.165, 1.54) is 12.1 Å². The lowest BCUT2D eigenvalue weighted by Gasteiger charge is -2.03. The molecule has 5 nitrogen and oxygen atoms in total. The largest absolute Gasteiger partial charge is 0.303 e. The smallest absolute Gasteiger partial charge is 0.269 e. The van der Waals surface area contributed by atoms with Gasteiger partial charge in [-0.05, 0) is 23.3 Å². The first-order chi connectivity index (χ1) is 10.1. The summed E-state index contributed by atoms with van der Waals surface area (Å²) in [6, 6.07) is 13.2. The van der Waals surface area contributed by atoms with E-state index < -0.39 is 4.92 Å². The fraction of sp³-hybridized carbons (Fsp3) is 0.125. The van der Waals surface area contributed by atoms with Gasteiger partial charge in [-0.2, -0.15) is 0 Å². The van der Waals surface area contributed by atoms with Crippen molar-refractivity contribution in [1.29, 1.82) is 0 Å². The van der Waals surface area contributed by atoms with Crippen LogP contribution in [0.25, 0.3) is 11.1 Å². The molecule has 0 bridgehead atoms. The minimum Gasteiger partial charge on any atom is -0.303 e. The van der Waals surface area contributed by atoms with Gasteiger partial charge in [0, 0.05) is 30.5 Å². The summed E-state index contributed by atoms with van der Waals surface area (Å²) >= 11 is 0. The molecule has 0 aliphatic rings. The number of nitrogens with zero attached hydrogens (tertiary/aromatic N) is 1. The molecule has 0 saturated carbocycles. The molecule has 0 amide bonds. The second-order valence-electron chi connectivity index (χ2n) is 4.51. The zero-order valence-electron chi connectivity index (χ0n) is 11.2. The Kier molecular flexibility index (Phi) is 4.56. The number of aldehydes is 1. The average Bonchev–Trinajstić information content (AvgIpc) is 2.53. The van der Waals surface area contributed by atoms with Crippen molar-refractivity contribution in [2.45, 2.75) is 12.8 Å². The minimum absolute atomic E-state index is 0.0411. The van der Waals surface area contributed by atoms with Gasteiger partial charge < -0.3 is 4.79 Å². The second-order valence-corrected chi connectivity index (χ2v) is 4.51. The van der Waals surface area contributed by atoms with Gasteiger partial charge in [-0.3, -0.25) is 14.9 Å². The summed E-state index contributed by atoms with van der Waals surface area (Å²) in [6.07, 6.45) is 1.16. The number of carbonyl (C=O) groups excluding carboxylic acids is 2.